The zero-order valence-electron chi connectivity index (χ0n) is 13.6. The number of hydrogen-bond acceptors (Lipinski definition) is 3. The summed E-state index contributed by atoms with van der Waals surface area (Å²) in [6.07, 6.45) is 0. The lowest BCUT2D eigenvalue weighted by molar-refractivity contribution is 0.0919. The summed E-state index contributed by atoms with van der Waals surface area (Å²) in [5.41, 5.74) is 0.524. The van der Waals surface area contributed by atoms with E-state index in [1.807, 2.05) is 20.8 Å². The standard InChI is InChI=1S/C17H19BrN2O3S/c1-17(2,3)19-16(21)12-7-9-14(10-8-12)20-24(22,23)15-6-4-5-13(18)11-15/h4-11,20H,1-3H3,(H,19,21). The molecule has 0 spiro atoms. The molecule has 0 aromatic heterocycles. The van der Waals surface area contributed by atoms with Crippen LogP contribution in [0.5, 0.6) is 0 Å². The molecule has 2 aromatic rings. The molecule has 2 N–H and O–H groups in total. The molecule has 0 bridgehead atoms. The lowest BCUT2D eigenvalue weighted by atomic mass is 10.1. The first kappa shape index (κ1) is 18.5. The Bertz CT molecular complexity index is 841. The summed E-state index contributed by atoms with van der Waals surface area (Å²) in [6.45, 7) is 5.68. The molecule has 0 unspecified atom stereocenters. The molecule has 0 aliphatic heterocycles. The first-order valence-corrected chi connectivity index (χ1v) is 9.55. The van der Waals surface area contributed by atoms with Gasteiger partial charge >= 0.3 is 0 Å². The van der Waals surface area contributed by atoms with Crippen LogP contribution in [0.25, 0.3) is 0 Å². The molecule has 7 heteroatoms. The minimum absolute atomic E-state index is 0.159. The molecule has 0 saturated carbocycles. The normalized spacial score (nSPS) is 11.8. The third kappa shape index (κ3) is 5.07. The second-order valence-electron chi connectivity index (χ2n) is 6.34. The minimum Gasteiger partial charge on any atom is -0.347 e. The van der Waals surface area contributed by atoms with Gasteiger partial charge in [-0.25, -0.2) is 8.42 Å². The fourth-order valence-electron chi connectivity index (χ4n) is 1.95. The Morgan fingerprint density at radius 1 is 1.04 bits per heavy atom. The van der Waals surface area contributed by atoms with E-state index in [0.717, 1.165) is 0 Å². The average Bonchev–Trinajstić information content (AvgIpc) is 2.46. The van der Waals surface area contributed by atoms with Crippen LogP contribution in [0.3, 0.4) is 0 Å². The Kier molecular flexibility index (Phi) is 5.35. The molecular formula is C17H19BrN2O3S. The van der Waals surface area contributed by atoms with Crippen molar-refractivity contribution in [2.24, 2.45) is 0 Å². The number of halogens is 1. The summed E-state index contributed by atoms with van der Waals surface area (Å²) in [7, 11) is -3.68. The summed E-state index contributed by atoms with van der Waals surface area (Å²) in [6, 6.07) is 12.7. The van der Waals surface area contributed by atoms with Crippen molar-refractivity contribution in [2.45, 2.75) is 31.2 Å². The van der Waals surface area contributed by atoms with Gasteiger partial charge < -0.3 is 5.32 Å². The Labute approximate surface area is 150 Å². The number of hydrogen-bond donors (Lipinski definition) is 2. The van der Waals surface area contributed by atoms with Crippen molar-refractivity contribution in [3.63, 3.8) is 0 Å². The van der Waals surface area contributed by atoms with Crippen LogP contribution in [0, 0.1) is 0 Å². The highest BCUT2D eigenvalue weighted by Gasteiger charge is 2.17. The lowest BCUT2D eigenvalue weighted by Gasteiger charge is -2.20. The number of nitrogens with one attached hydrogen (secondary N) is 2. The highest BCUT2D eigenvalue weighted by Crippen LogP contribution is 2.20. The van der Waals surface area contributed by atoms with Crippen LogP contribution < -0.4 is 10.0 Å². The third-order valence-electron chi connectivity index (χ3n) is 2.99. The molecule has 0 radical (unpaired) electrons. The number of carbonyl (C=O) groups is 1. The summed E-state index contributed by atoms with van der Waals surface area (Å²) in [5.74, 6) is -0.205. The number of benzene rings is 2. The average molecular weight is 411 g/mol. The summed E-state index contributed by atoms with van der Waals surface area (Å²) in [4.78, 5) is 12.2. The zero-order valence-corrected chi connectivity index (χ0v) is 16.0. The van der Waals surface area contributed by atoms with Gasteiger partial charge in [-0.1, -0.05) is 22.0 Å². The SMILES string of the molecule is CC(C)(C)NC(=O)c1ccc(NS(=O)(=O)c2cccc(Br)c2)cc1. The molecule has 1 amide bonds. The molecule has 0 heterocycles. The Hall–Kier alpha value is -1.86. The monoisotopic (exact) mass is 410 g/mol. The number of rotatable bonds is 4. The van der Waals surface area contributed by atoms with Crippen molar-refractivity contribution >= 4 is 37.5 Å². The summed E-state index contributed by atoms with van der Waals surface area (Å²) in [5, 5.41) is 2.85. The lowest BCUT2D eigenvalue weighted by Crippen LogP contribution is -2.40. The molecule has 5 nitrogen and oxygen atoms in total. The predicted molar refractivity (Wildman–Crippen MR) is 98.6 cm³/mol. The molecule has 24 heavy (non-hydrogen) atoms. The van der Waals surface area contributed by atoms with Gasteiger partial charge in [-0.3, -0.25) is 9.52 Å². The second kappa shape index (κ2) is 6.94. The summed E-state index contributed by atoms with van der Waals surface area (Å²) >= 11 is 3.25. The molecule has 0 aliphatic rings. The molecule has 0 aliphatic carbocycles. The minimum atomic E-state index is -3.68. The van der Waals surface area contributed by atoms with Crippen molar-refractivity contribution in [1.29, 1.82) is 0 Å². The topological polar surface area (TPSA) is 75.3 Å². The smallest absolute Gasteiger partial charge is 0.261 e. The van der Waals surface area contributed by atoms with Gasteiger partial charge in [0.1, 0.15) is 0 Å². The van der Waals surface area contributed by atoms with Gasteiger partial charge in [0, 0.05) is 21.3 Å². The van der Waals surface area contributed by atoms with E-state index in [1.54, 1.807) is 36.4 Å². The maximum Gasteiger partial charge on any atom is 0.261 e. The molecule has 0 saturated heterocycles. The molecule has 2 rings (SSSR count). The Morgan fingerprint density at radius 2 is 1.67 bits per heavy atom. The van der Waals surface area contributed by atoms with E-state index in [4.69, 9.17) is 0 Å². The summed E-state index contributed by atoms with van der Waals surface area (Å²) < 4.78 is 27.9. The van der Waals surface area contributed by atoms with Crippen molar-refractivity contribution in [1.82, 2.24) is 5.32 Å². The van der Waals surface area contributed by atoms with Crippen LogP contribution in [0.1, 0.15) is 31.1 Å². The highest BCUT2D eigenvalue weighted by atomic mass is 79.9. The first-order valence-electron chi connectivity index (χ1n) is 7.28. The van der Waals surface area contributed by atoms with Gasteiger partial charge in [0.25, 0.3) is 15.9 Å². The van der Waals surface area contributed by atoms with Crippen molar-refractivity contribution in [2.75, 3.05) is 4.72 Å². The Morgan fingerprint density at radius 3 is 2.21 bits per heavy atom. The molecule has 2 aromatic carbocycles. The van der Waals surface area contributed by atoms with Crippen LogP contribution in [-0.2, 0) is 10.0 Å². The number of amides is 1. The number of carbonyl (C=O) groups excluding carboxylic acids is 1. The van der Waals surface area contributed by atoms with Gasteiger partial charge in [0.15, 0.2) is 0 Å². The predicted octanol–water partition coefficient (Wildman–Crippen LogP) is 3.78. The van der Waals surface area contributed by atoms with E-state index in [0.29, 0.717) is 15.7 Å². The fourth-order valence-corrected chi connectivity index (χ4v) is 3.61. The van der Waals surface area contributed by atoms with E-state index in [-0.39, 0.29) is 16.3 Å². The first-order chi connectivity index (χ1) is 11.1. The second-order valence-corrected chi connectivity index (χ2v) is 8.94. The Balaban J connectivity index is 2.15. The van der Waals surface area contributed by atoms with Gasteiger partial charge in [-0.2, -0.15) is 0 Å². The van der Waals surface area contributed by atoms with Crippen molar-refractivity contribution in [3.05, 3.63) is 58.6 Å². The largest absolute Gasteiger partial charge is 0.347 e. The van der Waals surface area contributed by atoms with E-state index in [2.05, 4.69) is 26.0 Å². The molecule has 0 fully saturated rings. The van der Waals surface area contributed by atoms with Crippen LogP contribution in [0.4, 0.5) is 5.69 Å². The van der Waals surface area contributed by atoms with E-state index in [9.17, 15) is 13.2 Å². The third-order valence-corrected chi connectivity index (χ3v) is 4.87. The van der Waals surface area contributed by atoms with Crippen LogP contribution in [-0.4, -0.2) is 19.9 Å². The maximum absolute atomic E-state index is 12.3. The van der Waals surface area contributed by atoms with E-state index < -0.39 is 10.0 Å². The van der Waals surface area contributed by atoms with Gasteiger partial charge in [0.05, 0.1) is 4.90 Å². The van der Waals surface area contributed by atoms with E-state index in [1.165, 1.54) is 12.1 Å². The molecule has 128 valence electrons. The van der Waals surface area contributed by atoms with Gasteiger partial charge in [0.2, 0.25) is 0 Å². The van der Waals surface area contributed by atoms with Crippen LogP contribution >= 0.6 is 15.9 Å². The van der Waals surface area contributed by atoms with Crippen molar-refractivity contribution < 1.29 is 13.2 Å². The van der Waals surface area contributed by atoms with Gasteiger partial charge in [-0.15, -0.1) is 0 Å². The fraction of sp³-hybridized carbons (Fsp3) is 0.235. The van der Waals surface area contributed by atoms with E-state index >= 15 is 0 Å². The van der Waals surface area contributed by atoms with Crippen LogP contribution in [0.15, 0.2) is 57.9 Å². The molecular weight excluding hydrogens is 392 g/mol. The molecule has 0 atom stereocenters. The number of sulfonamides is 1. The maximum atomic E-state index is 12.3. The zero-order chi connectivity index (χ0) is 18.0. The van der Waals surface area contributed by atoms with Crippen molar-refractivity contribution in [3.8, 4) is 0 Å². The quantitative estimate of drug-likeness (QED) is 0.804. The highest BCUT2D eigenvalue weighted by molar-refractivity contribution is 9.10. The number of anilines is 1. The van der Waals surface area contributed by atoms with Gasteiger partial charge in [-0.05, 0) is 63.2 Å². The van der Waals surface area contributed by atoms with Crippen LogP contribution in [0.2, 0.25) is 0 Å².